The Hall–Kier alpha value is -1.44. The van der Waals surface area contributed by atoms with E-state index in [1.54, 1.807) is 22.7 Å². The lowest BCUT2D eigenvalue weighted by Gasteiger charge is -2.09. The van der Waals surface area contributed by atoms with E-state index in [4.69, 9.17) is 0 Å². The molecule has 0 saturated heterocycles. The molecule has 2 heterocycles. The van der Waals surface area contributed by atoms with Crippen LogP contribution in [0.5, 0.6) is 0 Å². The standard InChI is InChI=1S/C15H14N2S2/c1-10-6-7-11(18-10)9-17-15-13(8-16)12-4-2-3-5-14(12)19-15/h6-7,9H,2-5H2,1H3/b17-9+. The molecule has 1 aliphatic carbocycles. The van der Waals surface area contributed by atoms with Crippen molar-refractivity contribution >= 4 is 33.9 Å². The van der Waals surface area contributed by atoms with Crippen molar-refractivity contribution in [3.8, 4) is 6.07 Å². The van der Waals surface area contributed by atoms with Crippen molar-refractivity contribution in [3.05, 3.63) is 37.9 Å². The van der Waals surface area contributed by atoms with Crippen LogP contribution in [0.2, 0.25) is 0 Å². The topological polar surface area (TPSA) is 36.1 Å². The third-order valence-electron chi connectivity index (χ3n) is 3.33. The SMILES string of the molecule is Cc1ccc(/C=N/c2sc3c(c2C#N)CCCC3)s1. The van der Waals surface area contributed by atoms with Crippen LogP contribution in [0.4, 0.5) is 5.00 Å². The minimum absolute atomic E-state index is 0.809. The summed E-state index contributed by atoms with van der Waals surface area (Å²) in [6.45, 7) is 2.09. The summed E-state index contributed by atoms with van der Waals surface area (Å²) < 4.78 is 0. The summed E-state index contributed by atoms with van der Waals surface area (Å²) in [7, 11) is 0. The molecule has 0 aliphatic heterocycles. The third-order valence-corrected chi connectivity index (χ3v) is 5.47. The zero-order chi connectivity index (χ0) is 13.2. The Bertz CT molecular complexity index is 671. The Labute approximate surface area is 121 Å². The van der Waals surface area contributed by atoms with Crippen LogP contribution in [0.15, 0.2) is 17.1 Å². The molecule has 0 bridgehead atoms. The maximum absolute atomic E-state index is 9.35. The van der Waals surface area contributed by atoms with E-state index in [1.807, 2.05) is 6.21 Å². The van der Waals surface area contributed by atoms with Crippen molar-refractivity contribution < 1.29 is 0 Å². The van der Waals surface area contributed by atoms with Gasteiger partial charge in [-0.25, -0.2) is 4.99 Å². The Kier molecular flexibility index (Phi) is 3.50. The van der Waals surface area contributed by atoms with E-state index in [0.717, 1.165) is 28.3 Å². The Morgan fingerprint density at radius 1 is 1.26 bits per heavy atom. The normalized spacial score (nSPS) is 14.5. The van der Waals surface area contributed by atoms with Crippen molar-refractivity contribution in [1.29, 1.82) is 5.26 Å². The zero-order valence-electron chi connectivity index (χ0n) is 10.8. The number of hydrogen-bond donors (Lipinski definition) is 0. The molecule has 4 heteroatoms. The highest BCUT2D eigenvalue weighted by Crippen LogP contribution is 2.39. The lowest BCUT2D eigenvalue weighted by molar-refractivity contribution is 0.696. The van der Waals surface area contributed by atoms with Gasteiger partial charge in [-0.15, -0.1) is 22.7 Å². The largest absolute Gasteiger partial charge is 0.243 e. The first kappa shape index (κ1) is 12.6. The molecule has 0 saturated carbocycles. The number of aryl methyl sites for hydroxylation is 2. The molecule has 2 nitrogen and oxygen atoms in total. The number of fused-ring (bicyclic) bond motifs is 1. The number of nitriles is 1. The van der Waals surface area contributed by atoms with Gasteiger partial charge < -0.3 is 0 Å². The van der Waals surface area contributed by atoms with Crippen LogP contribution >= 0.6 is 22.7 Å². The van der Waals surface area contributed by atoms with Crippen molar-refractivity contribution in [1.82, 2.24) is 0 Å². The zero-order valence-corrected chi connectivity index (χ0v) is 12.4. The lowest BCUT2D eigenvalue weighted by atomic mass is 9.96. The summed E-state index contributed by atoms with van der Waals surface area (Å²) in [6.07, 6.45) is 6.48. The van der Waals surface area contributed by atoms with E-state index in [9.17, 15) is 5.26 Å². The van der Waals surface area contributed by atoms with Gasteiger partial charge in [0.15, 0.2) is 0 Å². The van der Waals surface area contributed by atoms with Gasteiger partial charge in [0.05, 0.1) is 5.56 Å². The van der Waals surface area contributed by atoms with Crippen molar-refractivity contribution in [2.45, 2.75) is 32.6 Å². The predicted octanol–water partition coefficient (Wildman–Crippen LogP) is 4.62. The summed E-state index contributed by atoms with van der Waals surface area (Å²) in [5, 5.41) is 10.2. The van der Waals surface area contributed by atoms with E-state index in [0.29, 0.717) is 0 Å². The van der Waals surface area contributed by atoms with E-state index in [2.05, 4.69) is 30.1 Å². The quantitative estimate of drug-likeness (QED) is 0.742. The summed E-state index contributed by atoms with van der Waals surface area (Å²) in [6, 6.07) is 6.51. The minimum Gasteiger partial charge on any atom is -0.243 e. The molecule has 0 unspecified atom stereocenters. The molecule has 0 fully saturated rings. The van der Waals surface area contributed by atoms with Gasteiger partial charge >= 0.3 is 0 Å². The highest BCUT2D eigenvalue weighted by Gasteiger charge is 2.20. The number of rotatable bonds is 2. The smallest absolute Gasteiger partial charge is 0.134 e. The molecule has 96 valence electrons. The molecule has 0 radical (unpaired) electrons. The molecular formula is C15H14N2S2. The van der Waals surface area contributed by atoms with Gasteiger partial charge in [-0.2, -0.15) is 5.26 Å². The molecule has 0 N–H and O–H groups in total. The first-order chi connectivity index (χ1) is 9.28. The molecule has 19 heavy (non-hydrogen) atoms. The molecular weight excluding hydrogens is 272 g/mol. The van der Waals surface area contributed by atoms with Crippen molar-refractivity contribution in [3.63, 3.8) is 0 Å². The maximum Gasteiger partial charge on any atom is 0.134 e. The summed E-state index contributed by atoms with van der Waals surface area (Å²) in [4.78, 5) is 8.35. The van der Waals surface area contributed by atoms with Crippen molar-refractivity contribution in [2.24, 2.45) is 4.99 Å². The predicted molar refractivity (Wildman–Crippen MR) is 82.0 cm³/mol. The Balaban J connectivity index is 1.95. The van der Waals surface area contributed by atoms with Gasteiger partial charge in [0.1, 0.15) is 11.1 Å². The average molecular weight is 286 g/mol. The highest BCUT2D eigenvalue weighted by molar-refractivity contribution is 7.16. The average Bonchev–Trinajstić information content (AvgIpc) is 2.99. The van der Waals surface area contributed by atoms with Gasteiger partial charge in [0, 0.05) is 20.8 Å². The van der Waals surface area contributed by atoms with E-state index in [-0.39, 0.29) is 0 Å². The Morgan fingerprint density at radius 3 is 2.84 bits per heavy atom. The molecule has 0 spiro atoms. The second-order valence-corrected chi connectivity index (χ2v) is 7.11. The molecule has 0 atom stereocenters. The summed E-state index contributed by atoms with van der Waals surface area (Å²) >= 11 is 3.42. The molecule has 2 aromatic heterocycles. The maximum atomic E-state index is 9.35. The number of aliphatic imine (C=N–C) groups is 1. The fourth-order valence-corrected chi connectivity index (χ4v) is 4.34. The van der Waals surface area contributed by atoms with E-state index in [1.165, 1.54) is 28.2 Å². The highest BCUT2D eigenvalue weighted by atomic mass is 32.1. The van der Waals surface area contributed by atoms with Crippen LogP contribution in [-0.2, 0) is 12.8 Å². The molecule has 0 amide bonds. The third kappa shape index (κ3) is 2.49. The van der Waals surface area contributed by atoms with Gasteiger partial charge in [-0.05, 0) is 50.3 Å². The van der Waals surface area contributed by atoms with Gasteiger partial charge in [0.25, 0.3) is 0 Å². The van der Waals surface area contributed by atoms with E-state index < -0.39 is 0 Å². The molecule has 3 rings (SSSR count). The second kappa shape index (κ2) is 5.28. The fraction of sp³-hybridized carbons (Fsp3) is 0.333. The minimum atomic E-state index is 0.809. The fourth-order valence-electron chi connectivity index (χ4n) is 2.40. The van der Waals surface area contributed by atoms with Crippen LogP contribution in [0.1, 0.15) is 38.6 Å². The van der Waals surface area contributed by atoms with Crippen LogP contribution in [0, 0.1) is 18.3 Å². The molecule has 1 aliphatic rings. The number of hydrogen-bond acceptors (Lipinski definition) is 4. The monoisotopic (exact) mass is 286 g/mol. The van der Waals surface area contributed by atoms with Crippen LogP contribution < -0.4 is 0 Å². The van der Waals surface area contributed by atoms with E-state index >= 15 is 0 Å². The van der Waals surface area contributed by atoms with Crippen LogP contribution in [0.25, 0.3) is 0 Å². The van der Waals surface area contributed by atoms with Crippen LogP contribution in [0.3, 0.4) is 0 Å². The second-order valence-electron chi connectivity index (χ2n) is 4.71. The van der Waals surface area contributed by atoms with Crippen LogP contribution in [-0.4, -0.2) is 6.21 Å². The van der Waals surface area contributed by atoms with Gasteiger partial charge in [-0.1, -0.05) is 0 Å². The first-order valence-corrected chi connectivity index (χ1v) is 8.06. The summed E-state index contributed by atoms with van der Waals surface area (Å²) in [5.74, 6) is 0. The van der Waals surface area contributed by atoms with Gasteiger partial charge in [-0.3, -0.25) is 0 Å². The lowest BCUT2D eigenvalue weighted by Crippen LogP contribution is -1.99. The number of thiophene rings is 2. The van der Waals surface area contributed by atoms with Gasteiger partial charge in [0.2, 0.25) is 0 Å². The first-order valence-electron chi connectivity index (χ1n) is 6.43. The number of nitrogens with zero attached hydrogens (tertiary/aromatic N) is 2. The summed E-state index contributed by atoms with van der Waals surface area (Å²) in [5.41, 5.74) is 2.07. The van der Waals surface area contributed by atoms with Crippen molar-refractivity contribution in [2.75, 3.05) is 0 Å². The molecule has 2 aromatic rings. The Morgan fingerprint density at radius 2 is 2.11 bits per heavy atom. The molecule has 0 aromatic carbocycles.